The first-order valence-electron chi connectivity index (χ1n) is 10.5. The first kappa shape index (κ1) is 21.5. The van der Waals surface area contributed by atoms with Crippen LogP contribution >= 0.6 is 0 Å². The number of nitro groups is 1. The highest BCUT2D eigenvalue weighted by molar-refractivity contribution is 6.04. The summed E-state index contributed by atoms with van der Waals surface area (Å²) in [7, 11) is 0. The number of carbonyl (C=O) groups excluding carboxylic acids is 2. The Morgan fingerprint density at radius 3 is 2.84 bits per heavy atom. The lowest BCUT2D eigenvalue weighted by molar-refractivity contribution is -0.385. The van der Waals surface area contributed by atoms with Crippen molar-refractivity contribution in [1.82, 2.24) is 9.97 Å². The van der Waals surface area contributed by atoms with E-state index in [-0.39, 0.29) is 29.2 Å². The van der Waals surface area contributed by atoms with Crippen molar-refractivity contribution in [2.45, 2.75) is 39.0 Å². The van der Waals surface area contributed by atoms with E-state index in [4.69, 9.17) is 0 Å². The zero-order valence-corrected chi connectivity index (χ0v) is 17.8. The minimum atomic E-state index is -1.07. The second kappa shape index (κ2) is 8.40. The molecule has 0 unspecified atom stereocenters. The van der Waals surface area contributed by atoms with Crippen molar-refractivity contribution >= 4 is 35.0 Å². The van der Waals surface area contributed by atoms with Gasteiger partial charge in [0.2, 0.25) is 17.8 Å². The predicted octanol–water partition coefficient (Wildman–Crippen LogP) is 2.29. The van der Waals surface area contributed by atoms with Crippen molar-refractivity contribution in [1.29, 1.82) is 0 Å². The molecule has 1 fully saturated rings. The van der Waals surface area contributed by atoms with Gasteiger partial charge in [-0.3, -0.25) is 29.5 Å². The fourth-order valence-electron chi connectivity index (χ4n) is 4.23. The molecule has 0 aliphatic carbocycles. The van der Waals surface area contributed by atoms with E-state index in [0.717, 1.165) is 25.9 Å². The molecule has 2 amide bonds. The lowest BCUT2D eigenvalue weighted by Gasteiger charge is -2.32. The zero-order chi connectivity index (χ0) is 23.0. The molecular weight excluding hydrogens is 416 g/mol. The molecule has 2 aliphatic rings. The van der Waals surface area contributed by atoms with Crippen LogP contribution in [0.4, 0.5) is 23.1 Å². The van der Waals surface area contributed by atoms with E-state index in [9.17, 15) is 24.5 Å². The quantitative estimate of drug-likeness (QED) is 0.487. The molecule has 11 heteroatoms. The molecule has 1 aromatic carbocycles. The van der Waals surface area contributed by atoms with Crippen LogP contribution in [0.3, 0.4) is 0 Å². The van der Waals surface area contributed by atoms with Gasteiger partial charge in [0.25, 0.3) is 11.2 Å². The number of piperidine rings is 1. The van der Waals surface area contributed by atoms with E-state index in [1.165, 1.54) is 18.2 Å². The second-order valence-corrected chi connectivity index (χ2v) is 8.40. The van der Waals surface area contributed by atoms with Gasteiger partial charge in [0.05, 0.1) is 16.4 Å². The van der Waals surface area contributed by atoms with Crippen molar-refractivity contribution in [3.63, 3.8) is 0 Å². The minimum absolute atomic E-state index is 0.0771. The normalized spacial score (nSPS) is 20.3. The van der Waals surface area contributed by atoms with Gasteiger partial charge in [-0.1, -0.05) is 13.0 Å². The zero-order valence-electron chi connectivity index (χ0n) is 17.8. The Hall–Kier alpha value is -3.76. The number of nitrogens with one attached hydrogen (secondary N) is 3. The lowest BCUT2D eigenvalue weighted by atomic mass is 9.92. The molecule has 2 aromatic rings. The Balaban J connectivity index is 1.64. The Morgan fingerprint density at radius 2 is 2.12 bits per heavy atom. The van der Waals surface area contributed by atoms with Gasteiger partial charge in [0.1, 0.15) is 5.82 Å². The number of hydrogen-bond acceptors (Lipinski definition) is 7. The number of H-pyrrole nitrogens is 1. The summed E-state index contributed by atoms with van der Waals surface area (Å²) in [6.45, 7) is 5.21. The van der Waals surface area contributed by atoms with E-state index in [0.29, 0.717) is 17.4 Å². The highest BCUT2D eigenvalue weighted by atomic mass is 16.6. The number of anilines is 3. The third kappa shape index (κ3) is 4.18. The lowest BCUT2D eigenvalue weighted by Crippen LogP contribution is -2.40. The van der Waals surface area contributed by atoms with E-state index < -0.39 is 28.2 Å². The van der Waals surface area contributed by atoms with Crippen LogP contribution in [0.15, 0.2) is 23.0 Å². The molecule has 11 nitrogen and oxygen atoms in total. The first-order valence-corrected chi connectivity index (χ1v) is 10.5. The maximum absolute atomic E-state index is 13.0. The van der Waals surface area contributed by atoms with Gasteiger partial charge in [-0.05, 0) is 31.7 Å². The maximum atomic E-state index is 13.0. The van der Waals surface area contributed by atoms with Crippen LogP contribution in [0.25, 0.3) is 0 Å². The molecular formula is C21H24N6O5. The number of aromatic nitrogens is 2. The SMILES string of the molecule is Cc1ccc(NC(=O)[C@H]2CC(=O)Nc3nc(N4CCC[C@H](C)C4)[nH]c(=O)c32)cc1[N+](=O)[O-]. The maximum Gasteiger partial charge on any atom is 0.274 e. The number of carbonyl (C=O) groups is 2. The van der Waals surface area contributed by atoms with Crippen molar-refractivity contribution in [3.05, 3.63) is 49.8 Å². The first-order chi connectivity index (χ1) is 15.2. The molecule has 0 bridgehead atoms. The molecule has 0 saturated carbocycles. The second-order valence-electron chi connectivity index (χ2n) is 8.40. The van der Waals surface area contributed by atoms with Crippen molar-refractivity contribution in [2.75, 3.05) is 28.6 Å². The average molecular weight is 440 g/mol. The fraction of sp³-hybridized carbons (Fsp3) is 0.429. The summed E-state index contributed by atoms with van der Waals surface area (Å²) in [6.07, 6.45) is 1.85. The Morgan fingerprint density at radius 1 is 1.34 bits per heavy atom. The van der Waals surface area contributed by atoms with Crippen LogP contribution in [0.1, 0.15) is 43.2 Å². The Bertz CT molecular complexity index is 1160. The van der Waals surface area contributed by atoms with E-state index >= 15 is 0 Å². The Kier molecular flexibility index (Phi) is 5.64. The number of rotatable bonds is 4. The van der Waals surface area contributed by atoms with Gasteiger partial charge < -0.3 is 15.5 Å². The molecule has 168 valence electrons. The van der Waals surface area contributed by atoms with E-state index in [1.54, 1.807) is 6.92 Å². The van der Waals surface area contributed by atoms with E-state index in [1.807, 2.05) is 4.90 Å². The standard InChI is InChI=1S/C21H24N6O5/c1-11-4-3-7-26(10-11)21-24-18-17(20(30)25-21)14(9-16(28)23-18)19(29)22-13-6-5-12(2)15(8-13)27(31)32/h5-6,8,11,14H,3-4,7,9-10H2,1-2H3,(H,22,29)(H2,23,24,25,28,30)/t11-,14-/m0/s1. The summed E-state index contributed by atoms with van der Waals surface area (Å²) in [4.78, 5) is 58.0. The fourth-order valence-corrected chi connectivity index (χ4v) is 4.23. The summed E-state index contributed by atoms with van der Waals surface area (Å²) < 4.78 is 0. The summed E-state index contributed by atoms with van der Waals surface area (Å²) >= 11 is 0. The molecule has 0 radical (unpaired) electrons. The minimum Gasteiger partial charge on any atom is -0.342 e. The van der Waals surface area contributed by atoms with Crippen molar-refractivity contribution < 1.29 is 14.5 Å². The number of aryl methyl sites for hydroxylation is 1. The number of hydrogen-bond donors (Lipinski definition) is 3. The summed E-state index contributed by atoms with van der Waals surface area (Å²) in [6, 6.07) is 4.31. The molecule has 1 saturated heterocycles. The van der Waals surface area contributed by atoms with Crippen LogP contribution in [0.2, 0.25) is 0 Å². The van der Waals surface area contributed by atoms with Gasteiger partial charge in [-0.2, -0.15) is 4.98 Å². The summed E-state index contributed by atoms with van der Waals surface area (Å²) in [5.41, 5.74) is 0.124. The van der Waals surface area contributed by atoms with Gasteiger partial charge in [-0.25, -0.2) is 0 Å². The smallest absolute Gasteiger partial charge is 0.274 e. The van der Waals surface area contributed by atoms with E-state index in [2.05, 4.69) is 27.5 Å². The van der Waals surface area contributed by atoms with Crippen molar-refractivity contribution in [2.24, 2.45) is 5.92 Å². The van der Waals surface area contributed by atoms with Gasteiger partial charge >= 0.3 is 0 Å². The molecule has 2 aliphatic heterocycles. The number of benzene rings is 1. The molecule has 3 N–H and O–H groups in total. The molecule has 1 aromatic heterocycles. The van der Waals surface area contributed by atoms with Crippen LogP contribution in [0.5, 0.6) is 0 Å². The number of nitro benzene ring substituents is 1. The Labute approximate surface area is 183 Å². The highest BCUT2D eigenvalue weighted by Crippen LogP contribution is 2.31. The molecule has 4 rings (SSSR count). The molecule has 2 atom stereocenters. The predicted molar refractivity (Wildman–Crippen MR) is 118 cm³/mol. The average Bonchev–Trinajstić information content (AvgIpc) is 2.73. The van der Waals surface area contributed by atoms with Crippen LogP contribution < -0.4 is 21.1 Å². The monoisotopic (exact) mass is 440 g/mol. The largest absolute Gasteiger partial charge is 0.342 e. The highest BCUT2D eigenvalue weighted by Gasteiger charge is 2.35. The van der Waals surface area contributed by atoms with Crippen molar-refractivity contribution in [3.8, 4) is 0 Å². The summed E-state index contributed by atoms with van der Waals surface area (Å²) in [5, 5.41) is 16.4. The van der Waals surface area contributed by atoms with Crippen LogP contribution in [-0.2, 0) is 9.59 Å². The topological polar surface area (TPSA) is 150 Å². The van der Waals surface area contributed by atoms with Gasteiger partial charge in [0.15, 0.2) is 0 Å². The third-order valence-corrected chi connectivity index (χ3v) is 5.88. The third-order valence-electron chi connectivity index (χ3n) is 5.88. The molecule has 3 heterocycles. The van der Waals surface area contributed by atoms with Crippen LogP contribution in [-0.4, -0.2) is 39.8 Å². The molecule has 32 heavy (non-hydrogen) atoms. The number of nitrogens with zero attached hydrogens (tertiary/aromatic N) is 3. The van der Waals surface area contributed by atoms with Gasteiger partial charge in [-0.15, -0.1) is 0 Å². The number of fused-ring (bicyclic) bond motifs is 1. The number of amides is 2. The van der Waals surface area contributed by atoms with Crippen LogP contribution in [0, 0.1) is 23.0 Å². The summed E-state index contributed by atoms with van der Waals surface area (Å²) in [5.74, 6) is -1.19. The number of aromatic amines is 1. The van der Waals surface area contributed by atoms with Gasteiger partial charge in [0, 0.05) is 36.8 Å². The molecule has 0 spiro atoms.